The molecule has 80 valence electrons. The average molecular weight is 197 g/mol. The third-order valence-electron chi connectivity index (χ3n) is 2.34. The van der Waals surface area contributed by atoms with Crippen LogP contribution in [-0.2, 0) is 7.05 Å². The number of hydrogen-bond donors (Lipinski definition) is 2. The van der Waals surface area contributed by atoms with Crippen LogP contribution < -0.4 is 11.3 Å². The molecular weight excluding hydrogens is 178 g/mol. The molecule has 0 aliphatic carbocycles. The molecular formula is C9H19N5. The summed E-state index contributed by atoms with van der Waals surface area (Å²) < 4.78 is 1.75. The number of aryl methyl sites for hydroxylation is 1. The van der Waals surface area contributed by atoms with Crippen LogP contribution in [-0.4, -0.2) is 15.0 Å². The second-order valence-corrected chi connectivity index (χ2v) is 3.97. The fourth-order valence-corrected chi connectivity index (χ4v) is 1.43. The van der Waals surface area contributed by atoms with Gasteiger partial charge in [0.25, 0.3) is 0 Å². The number of hydrazine groups is 1. The van der Waals surface area contributed by atoms with Gasteiger partial charge in [0.15, 0.2) is 0 Å². The summed E-state index contributed by atoms with van der Waals surface area (Å²) in [6.45, 7) is 4.41. The number of nitrogens with zero attached hydrogens (tertiary/aromatic N) is 3. The zero-order valence-electron chi connectivity index (χ0n) is 9.07. The van der Waals surface area contributed by atoms with E-state index in [4.69, 9.17) is 5.84 Å². The molecule has 0 bridgehead atoms. The van der Waals surface area contributed by atoms with E-state index in [-0.39, 0.29) is 6.04 Å². The summed E-state index contributed by atoms with van der Waals surface area (Å²) in [5, 5.41) is 7.72. The molecule has 0 saturated heterocycles. The fourth-order valence-electron chi connectivity index (χ4n) is 1.43. The van der Waals surface area contributed by atoms with E-state index < -0.39 is 0 Å². The normalized spacial score (nSPS) is 13.5. The molecule has 1 aromatic rings. The van der Waals surface area contributed by atoms with E-state index in [1.165, 1.54) is 0 Å². The van der Waals surface area contributed by atoms with Gasteiger partial charge in [-0.15, -0.1) is 5.10 Å². The summed E-state index contributed by atoms with van der Waals surface area (Å²) in [6, 6.07) is 0.150. The van der Waals surface area contributed by atoms with Crippen molar-refractivity contribution in [1.29, 1.82) is 0 Å². The second kappa shape index (κ2) is 5.07. The highest BCUT2D eigenvalue weighted by molar-refractivity contribution is 5.00. The van der Waals surface area contributed by atoms with Gasteiger partial charge in [-0.25, -0.2) is 0 Å². The Balaban J connectivity index is 2.58. The maximum Gasteiger partial charge on any atom is 0.0766 e. The lowest BCUT2D eigenvalue weighted by Crippen LogP contribution is -2.29. The zero-order chi connectivity index (χ0) is 10.6. The molecule has 14 heavy (non-hydrogen) atoms. The van der Waals surface area contributed by atoms with Crippen LogP contribution >= 0.6 is 0 Å². The first-order valence-electron chi connectivity index (χ1n) is 4.95. The van der Waals surface area contributed by atoms with Crippen LogP contribution in [0.3, 0.4) is 0 Å². The van der Waals surface area contributed by atoms with E-state index in [0.29, 0.717) is 5.92 Å². The molecule has 1 atom stereocenters. The van der Waals surface area contributed by atoms with Crippen molar-refractivity contribution < 1.29 is 0 Å². The van der Waals surface area contributed by atoms with Crippen molar-refractivity contribution in [1.82, 2.24) is 20.4 Å². The van der Waals surface area contributed by atoms with E-state index >= 15 is 0 Å². The van der Waals surface area contributed by atoms with E-state index in [1.54, 1.807) is 10.9 Å². The summed E-state index contributed by atoms with van der Waals surface area (Å²) in [4.78, 5) is 0. The first-order valence-corrected chi connectivity index (χ1v) is 4.95. The van der Waals surface area contributed by atoms with Gasteiger partial charge in [0.2, 0.25) is 0 Å². The summed E-state index contributed by atoms with van der Waals surface area (Å²) in [5.74, 6) is 6.19. The van der Waals surface area contributed by atoms with Gasteiger partial charge in [-0.2, -0.15) is 0 Å². The van der Waals surface area contributed by atoms with Crippen LogP contribution in [0.2, 0.25) is 0 Å². The van der Waals surface area contributed by atoms with Crippen molar-refractivity contribution in [2.75, 3.05) is 0 Å². The molecule has 0 aromatic carbocycles. The molecule has 0 spiro atoms. The van der Waals surface area contributed by atoms with Crippen molar-refractivity contribution in [2.45, 2.75) is 32.7 Å². The SMILES string of the molecule is CC(C)CCC(NN)c1cnnn1C. The van der Waals surface area contributed by atoms with Gasteiger partial charge in [0.1, 0.15) is 0 Å². The molecule has 0 fully saturated rings. The number of rotatable bonds is 5. The zero-order valence-corrected chi connectivity index (χ0v) is 9.07. The molecule has 1 heterocycles. The molecule has 5 heteroatoms. The predicted octanol–water partition coefficient (Wildman–Crippen LogP) is 0.756. The quantitative estimate of drug-likeness (QED) is 0.540. The summed E-state index contributed by atoms with van der Waals surface area (Å²) in [5.41, 5.74) is 3.84. The molecule has 5 nitrogen and oxygen atoms in total. The van der Waals surface area contributed by atoms with E-state index in [0.717, 1.165) is 18.5 Å². The van der Waals surface area contributed by atoms with Crippen LogP contribution in [0.4, 0.5) is 0 Å². The van der Waals surface area contributed by atoms with Gasteiger partial charge in [-0.05, 0) is 18.8 Å². The standard InChI is InChI=1S/C9H19N5/c1-7(2)4-5-8(12-10)9-6-11-13-14(9)3/h6-8,12H,4-5,10H2,1-3H3. The Labute approximate surface area is 84.6 Å². The highest BCUT2D eigenvalue weighted by Crippen LogP contribution is 2.18. The lowest BCUT2D eigenvalue weighted by atomic mass is 10.0. The highest BCUT2D eigenvalue weighted by Gasteiger charge is 2.14. The molecule has 0 aliphatic rings. The molecule has 1 unspecified atom stereocenters. The van der Waals surface area contributed by atoms with Gasteiger partial charge in [-0.3, -0.25) is 16.0 Å². The lowest BCUT2D eigenvalue weighted by Gasteiger charge is -2.16. The maximum absolute atomic E-state index is 5.50. The molecule has 0 amide bonds. The van der Waals surface area contributed by atoms with Crippen molar-refractivity contribution in [3.8, 4) is 0 Å². The largest absolute Gasteiger partial charge is 0.271 e. The van der Waals surface area contributed by atoms with E-state index in [9.17, 15) is 0 Å². The van der Waals surface area contributed by atoms with Crippen molar-refractivity contribution >= 4 is 0 Å². The van der Waals surface area contributed by atoms with E-state index in [1.807, 2.05) is 7.05 Å². The summed E-state index contributed by atoms with van der Waals surface area (Å²) in [7, 11) is 1.88. The van der Waals surface area contributed by atoms with Crippen LogP contribution in [0.1, 0.15) is 38.4 Å². The van der Waals surface area contributed by atoms with Crippen LogP contribution in [0.5, 0.6) is 0 Å². The third kappa shape index (κ3) is 2.78. The Kier molecular flexibility index (Phi) is 4.03. The molecule has 0 aliphatic heterocycles. The van der Waals surface area contributed by atoms with Crippen LogP contribution in [0.25, 0.3) is 0 Å². The number of nitrogens with two attached hydrogens (primary N) is 1. The van der Waals surface area contributed by atoms with Crippen LogP contribution in [0.15, 0.2) is 6.20 Å². The minimum atomic E-state index is 0.150. The monoisotopic (exact) mass is 197 g/mol. The minimum absolute atomic E-state index is 0.150. The molecule has 1 rings (SSSR count). The third-order valence-corrected chi connectivity index (χ3v) is 2.34. The molecule has 0 saturated carbocycles. The topological polar surface area (TPSA) is 68.8 Å². The summed E-state index contributed by atoms with van der Waals surface area (Å²) in [6.07, 6.45) is 3.90. The highest BCUT2D eigenvalue weighted by atomic mass is 15.4. The Hall–Kier alpha value is -0.940. The Morgan fingerprint density at radius 1 is 1.50 bits per heavy atom. The molecule has 1 aromatic heterocycles. The summed E-state index contributed by atoms with van der Waals surface area (Å²) >= 11 is 0. The number of nitrogens with one attached hydrogen (secondary N) is 1. The van der Waals surface area contributed by atoms with Crippen molar-refractivity contribution in [3.05, 3.63) is 11.9 Å². The second-order valence-electron chi connectivity index (χ2n) is 3.97. The van der Waals surface area contributed by atoms with E-state index in [2.05, 4.69) is 29.6 Å². The lowest BCUT2D eigenvalue weighted by molar-refractivity contribution is 0.428. The Morgan fingerprint density at radius 2 is 2.21 bits per heavy atom. The number of hydrogen-bond acceptors (Lipinski definition) is 4. The van der Waals surface area contributed by atoms with Crippen molar-refractivity contribution in [2.24, 2.45) is 18.8 Å². The first kappa shape index (κ1) is 11.1. The van der Waals surface area contributed by atoms with Crippen molar-refractivity contribution in [3.63, 3.8) is 0 Å². The average Bonchev–Trinajstić information content (AvgIpc) is 2.53. The first-order chi connectivity index (χ1) is 6.65. The fraction of sp³-hybridized carbons (Fsp3) is 0.778. The minimum Gasteiger partial charge on any atom is -0.271 e. The van der Waals surface area contributed by atoms with Gasteiger partial charge in [0.05, 0.1) is 17.9 Å². The van der Waals surface area contributed by atoms with Gasteiger partial charge in [0, 0.05) is 7.05 Å². The molecule has 0 radical (unpaired) electrons. The predicted molar refractivity (Wildman–Crippen MR) is 55.1 cm³/mol. The number of aromatic nitrogens is 3. The Bertz CT molecular complexity index is 268. The molecule has 3 N–H and O–H groups in total. The Morgan fingerprint density at radius 3 is 2.64 bits per heavy atom. The van der Waals surface area contributed by atoms with Crippen LogP contribution in [0, 0.1) is 5.92 Å². The smallest absolute Gasteiger partial charge is 0.0766 e. The van der Waals surface area contributed by atoms with Gasteiger partial charge < -0.3 is 0 Å². The van der Waals surface area contributed by atoms with Gasteiger partial charge in [-0.1, -0.05) is 19.1 Å². The van der Waals surface area contributed by atoms with Gasteiger partial charge >= 0.3 is 0 Å². The maximum atomic E-state index is 5.50.